The summed E-state index contributed by atoms with van der Waals surface area (Å²) in [5, 5.41) is 11.7. The standard InChI is InChI=1S/C55H89NO7/c1-6-8-10-12-14-16-18-20-22-24-26-27-28-30-31-33-35-37-39-41-43-45-53(57)62-50-51(49-61-48-47-52(55(59)60)56(3,4)5)63-54(58)46-44-42-40-38-36-34-32-29-25-23-21-19-17-15-13-11-9-7-2/h14-17,19-23,25-27,29-32,35,37,51-52H,6-13,18,24,28,33-34,36,38-50H2,1-5H3/b16-14+,17-15+,21-19+,22-20+,25-23+,27-26+,31-30+,32-29+,37-35+. The van der Waals surface area contributed by atoms with Crippen LogP contribution in [0, 0.1) is 0 Å². The van der Waals surface area contributed by atoms with E-state index in [2.05, 4.69) is 111 Å². The normalized spacial score (nSPS) is 13.9. The number of carbonyl (C=O) groups is 3. The van der Waals surface area contributed by atoms with E-state index in [0.717, 1.165) is 83.5 Å². The molecule has 0 aliphatic rings. The van der Waals surface area contributed by atoms with Gasteiger partial charge in [0.15, 0.2) is 6.10 Å². The van der Waals surface area contributed by atoms with Crippen molar-refractivity contribution in [3.8, 4) is 0 Å². The van der Waals surface area contributed by atoms with Crippen LogP contribution < -0.4 is 5.11 Å². The Kier molecular flexibility index (Phi) is 41.8. The molecule has 0 radical (unpaired) electrons. The number of nitrogens with zero attached hydrogens (tertiary/aromatic N) is 1. The number of rotatable bonds is 42. The van der Waals surface area contributed by atoms with Gasteiger partial charge in [0.2, 0.25) is 0 Å². The van der Waals surface area contributed by atoms with Gasteiger partial charge in [0.1, 0.15) is 12.6 Å². The summed E-state index contributed by atoms with van der Waals surface area (Å²) in [5.74, 6) is -1.84. The van der Waals surface area contributed by atoms with Crippen molar-refractivity contribution < 1.29 is 38.2 Å². The van der Waals surface area contributed by atoms with Gasteiger partial charge < -0.3 is 28.6 Å². The number of likely N-dealkylation sites (N-methyl/N-ethyl adjacent to an activating group) is 1. The summed E-state index contributed by atoms with van der Waals surface area (Å²) in [5.41, 5.74) is 0. The first-order valence-corrected chi connectivity index (χ1v) is 24.5. The van der Waals surface area contributed by atoms with E-state index in [-0.39, 0.29) is 55.5 Å². The van der Waals surface area contributed by atoms with Gasteiger partial charge in [-0.1, -0.05) is 168 Å². The molecule has 2 atom stereocenters. The number of hydrogen-bond acceptors (Lipinski definition) is 7. The van der Waals surface area contributed by atoms with Crippen LogP contribution in [-0.2, 0) is 28.6 Å². The maximum Gasteiger partial charge on any atom is 0.306 e. The van der Waals surface area contributed by atoms with Crippen molar-refractivity contribution in [3.05, 3.63) is 109 Å². The lowest BCUT2D eigenvalue weighted by Crippen LogP contribution is -2.55. The van der Waals surface area contributed by atoms with Gasteiger partial charge in [-0.25, -0.2) is 0 Å². The van der Waals surface area contributed by atoms with Crippen LogP contribution in [0.5, 0.6) is 0 Å². The van der Waals surface area contributed by atoms with Crippen molar-refractivity contribution in [1.29, 1.82) is 0 Å². The monoisotopic (exact) mass is 876 g/mol. The summed E-state index contributed by atoms with van der Waals surface area (Å²) >= 11 is 0. The Morgan fingerprint density at radius 1 is 0.492 bits per heavy atom. The predicted molar refractivity (Wildman–Crippen MR) is 263 cm³/mol. The summed E-state index contributed by atoms with van der Waals surface area (Å²) in [6.45, 7) is 4.51. The Morgan fingerprint density at radius 2 is 0.905 bits per heavy atom. The van der Waals surface area contributed by atoms with Crippen LogP contribution in [0.25, 0.3) is 0 Å². The molecule has 0 amide bonds. The summed E-state index contributed by atoms with van der Waals surface area (Å²) in [7, 11) is 5.38. The third-order valence-corrected chi connectivity index (χ3v) is 10.2. The zero-order valence-corrected chi connectivity index (χ0v) is 40.4. The molecule has 0 fully saturated rings. The van der Waals surface area contributed by atoms with Gasteiger partial charge in [-0.3, -0.25) is 9.59 Å². The Hall–Kier alpha value is -4.01. The Labute approximate surface area is 385 Å². The van der Waals surface area contributed by atoms with Crippen LogP contribution in [0.1, 0.15) is 168 Å². The molecule has 356 valence electrons. The highest BCUT2D eigenvalue weighted by Gasteiger charge is 2.25. The first-order valence-electron chi connectivity index (χ1n) is 24.5. The highest BCUT2D eigenvalue weighted by atomic mass is 16.6. The molecule has 0 aromatic rings. The fraction of sp³-hybridized carbons (Fsp3) is 0.618. The van der Waals surface area contributed by atoms with E-state index in [1.54, 1.807) is 21.1 Å². The Morgan fingerprint density at radius 3 is 1.41 bits per heavy atom. The van der Waals surface area contributed by atoms with E-state index in [9.17, 15) is 19.5 Å². The number of carboxylic acid groups (broad SMARTS) is 1. The van der Waals surface area contributed by atoms with E-state index >= 15 is 0 Å². The van der Waals surface area contributed by atoms with E-state index in [0.29, 0.717) is 6.42 Å². The molecule has 63 heavy (non-hydrogen) atoms. The molecule has 0 aliphatic heterocycles. The number of ether oxygens (including phenoxy) is 3. The number of quaternary nitrogens is 1. The van der Waals surface area contributed by atoms with Crippen molar-refractivity contribution in [2.45, 2.75) is 180 Å². The fourth-order valence-electron chi connectivity index (χ4n) is 6.39. The largest absolute Gasteiger partial charge is 0.544 e. The molecule has 0 heterocycles. The van der Waals surface area contributed by atoms with Crippen LogP contribution in [0.4, 0.5) is 0 Å². The Bertz CT molecular complexity index is 1390. The van der Waals surface area contributed by atoms with Crippen LogP contribution >= 0.6 is 0 Å². The van der Waals surface area contributed by atoms with E-state index in [4.69, 9.17) is 14.2 Å². The third kappa shape index (κ3) is 43.0. The molecule has 0 saturated heterocycles. The van der Waals surface area contributed by atoms with E-state index in [1.807, 2.05) is 12.2 Å². The molecule has 0 bridgehead atoms. The molecule has 2 unspecified atom stereocenters. The zero-order valence-electron chi connectivity index (χ0n) is 40.4. The lowest BCUT2D eigenvalue weighted by atomic mass is 10.1. The van der Waals surface area contributed by atoms with Crippen LogP contribution in [0.15, 0.2) is 109 Å². The first kappa shape index (κ1) is 59.0. The van der Waals surface area contributed by atoms with Crippen LogP contribution in [0.3, 0.4) is 0 Å². The number of unbranched alkanes of at least 4 members (excludes halogenated alkanes) is 13. The number of carbonyl (C=O) groups excluding carboxylic acids is 3. The first-order chi connectivity index (χ1) is 30.6. The number of allylic oxidation sites excluding steroid dienone is 18. The summed E-state index contributed by atoms with van der Waals surface area (Å²) < 4.78 is 17.1. The smallest absolute Gasteiger partial charge is 0.306 e. The van der Waals surface area contributed by atoms with Crippen LogP contribution in [-0.4, -0.2) is 75.5 Å². The zero-order chi connectivity index (χ0) is 46.3. The van der Waals surface area contributed by atoms with E-state index in [1.165, 1.54) is 44.9 Å². The SMILES string of the molecule is CCCCC/C=C/C=C/C=C/C=C/CCCCCCCC(=O)OC(COCCC(C(=O)[O-])[N+](C)(C)C)COC(=O)CCCC/C=C/C/C=C/C/C=C/C/C=C/C/C=C/CCCCC. The summed E-state index contributed by atoms with van der Waals surface area (Å²) in [4.78, 5) is 37.0. The van der Waals surface area contributed by atoms with Gasteiger partial charge in [0, 0.05) is 19.3 Å². The predicted octanol–water partition coefficient (Wildman–Crippen LogP) is 12.7. The minimum absolute atomic E-state index is 0.00926. The average molecular weight is 876 g/mol. The van der Waals surface area contributed by atoms with Crippen molar-refractivity contribution in [2.75, 3.05) is 41.0 Å². The number of esters is 2. The van der Waals surface area contributed by atoms with Crippen molar-refractivity contribution in [1.82, 2.24) is 0 Å². The van der Waals surface area contributed by atoms with Crippen molar-refractivity contribution in [3.63, 3.8) is 0 Å². The minimum Gasteiger partial charge on any atom is -0.544 e. The second-order valence-corrected chi connectivity index (χ2v) is 17.1. The highest BCUT2D eigenvalue weighted by molar-refractivity contribution is 5.70. The second-order valence-electron chi connectivity index (χ2n) is 17.1. The molecule has 0 aromatic heterocycles. The van der Waals surface area contributed by atoms with Gasteiger partial charge in [-0.15, -0.1) is 0 Å². The van der Waals surface area contributed by atoms with Crippen molar-refractivity contribution in [2.24, 2.45) is 0 Å². The van der Waals surface area contributed by atoms with E-state index < -0.39 is 18.1 Å². The lowest BCUT2D eigenvalue weighted by Gasteiger charge is -2.34. The molecule has 8 heteroatoms. The fourth-order valence-corrected chi connectivity index (χ4v) is 6.39. The lowest BCUT2D eigenvalue weighted by molar-refractivity contribution is -0.889. The molecular formula is C55H89NO7. The number of aliphatic carboxylic acids is 1. The van der Waals surface area contributed by atoms with Gasteiger partial charge in [0.25, 0.3) is 0 Å². The molecule has 0 saturated carbocycles. The highest BCUT2D eigenvalue weighted by Crippen LogP contribution is 2.12. The van der Waals surface area contributed by atoms with Gasteiger partial charge in [-0.2, -0.15) is 0 Å². The third-order valence-electron chi connectivity index (χ3n) is 10.2. The molecule has 8 nitrogen and oxygen atoms in total. The molecule has 0 N–H and O–H groups in total. The quantitative estimate of drug-likeness (QED) is 0.0198. The maximum atomic E-state index is 12.8. The minimum atomic E-state index is -1.14. The molecule has 0 aromatic carbocycles. The van der Waals surface area contributed by atoms with Gasteiger partial charge in [0.05, 0.1) is 40.3 Å². The van der Waals surface area contributed by atoms with Crippen molar-refractivity contribution >= 4 is 17.9 Å². The average Bonchev–Trinajstić information content (AvgIpc) is 3.24. The topological polar surface area (TPSA) is 102 Å². The maximum absolute atomic E-state index is 12.8. The second kappa shape index (κ2) is 44.6. The summed E-state index contributed by atoms with van der Waals surface area (Å²) in [6.07, 6.45) is 61.1. The number of carboxylic acids is 1. The van der Waals surface area contributed by atoms with Gasteiger partial charge in [-0.05, 0) is 89.9 Å². The Balaban J connectivity index is 4.45. The van der Waals surface area contributed by atoms with Crippen LogP contribution in [0.2, 0.25) is 0 Å². The van der Waals surface area contributed by atoms with Gasteiger partial charge >= 0.3 is 11.9 Å². The number of hydrogen-bond donors (Lipinski definition) is 0. The molecular weight excluding hydrogens is 787 g/mol. The molecule has 0 rings (SSSR count). The molecule has 0 aliphatic carbocycles. The molecule has 0 spiro atoms. The summed E-state index contributed by atoms with van der Waals surface area (Å²) in [6, 6.07) is -0.745.